The highest BCUT2D eigenvalue weighted by Crippen LogP contribution is 2.37. The normalized spacial score (nSPS) is 29.5. The van der Waals surface area contributed by atoms with E-state index in [2.05, 4.69) is 38.5 Å². The van der Waals surface area contributed by atoms with Crippen molar-refractivity contribution in [3.63, 3.8) is 0 Å². The van der Waals surface area contributed by atoms with Gasteiger partial charge >= 0.3 is 0 Å². The van der Waals surface area contributed by atoms with Crippen molar-refractivity contribution in [1.82, 2.24) is 15.1 Å². The topological polar surface area (TPSA) is 30.9 Å². The summed E-state index contributed by atoms with van der Waals surface area (Å²) in [7, 11) is 0. The second-order valence-corrected chi connectivity index (χ2v) is 5.28. The van der Waals surface area contributed by atoms with Crippen molar-refractivity contribution in [2.24, 2.45) is 10.4 Å². The number of aliphatic imine (C=N–C) groups is 1. The van der Waals surface area contributed by atoms with E-state index in [0.717, 1.165) is 18.9 Å². The number of hydrogen-bond donors (Lipinski definition) is 1. The SMILES string of the molecule is C1=CN2CCN=C2C=C1N1CC2(CNC2)C1. The summed E-state index contributed by atoms with van der Waals surface area (Å²) in [6.07, 6.45) is 6.63. The second-order valence-electron chi connectivity index (χ2n) is 5.28. The van der Waals surface area contributed by atoms with Crippen molar-refractivity contribution < 1.29 is 0 Å². The quantitative estimate of drug-likeness (QED) is 0.670. The highest BCUT2D eigenvalue weighted by molar-refractivity contribution is 5.96. The molecule has 2 saturated heterocycles. The molecule has 84 valence electrons. The second kappa shape index (κ2) is 2.88. The van der Waals surface area contributed by atoms with Crippen LogP contribution < -0.4 is 5.32 Å². The molecule has 0 aromatic carbocycles. The standard InChI is InChI=1S/C12H16N4/c1-3-15-4-2-14-11(15)5-10(1)16-8-12(9-16)6-13-7-12/h1,3,5,13H,2,4,6-9H2. The Morgan fingerprint density at radius 3 is 2.94 bits per heavy atom. The molecule has 4 heterocycles. The van der Waals surface area contributed by atoms with Gasteiger partial charge in [-0.15, -0.1) is 0 Å². The van der Waals surface area contributed by atoms with Gasteiger partial charge in [0.1, 0.15) is 5.84 Å². The average molecular weight is 216 g/mol. The molecule has 0 aliphatic carbocycles. The smallest absolute Gasteiger partial charge is 0.129 e. The molecule has 1 spiro atoms. The summed E-state index contributed by atoms with van der Waals surface area (Å²) in [5, 5.41) is 3.37. The van der Waals surface area contributed by atoms with Crippen molar-refractivity contribution >= 4 is 5.84 Å². The van der Waals surface area contributed by atoms with Crippen molar-refractivity contribution in [3.8, 4) is 0 Å². The Bertz CT molecular complexity index is 409. The molecule has 4 rings (SSSR count). The summed E-state index contributed by atoms with van der Waals surface area (Å²) in [6, 6.07) is 0. The first-order valence-corrected chi connectivity index (χ1v) is 6.01. The largest absolute Gasteiger partial charge is 0.370 e. The molecule has 0 atom stereocenters. The van der Waals surface area contributed by atoms with Crippen LogP contribution in [0, 0.1) is 5.41 Å². The van der Waals surface area contributed by atoms with E-state index in [1.54, 1.807) is 0 Å². The number of amidine groups is 1. The Kier molecular flexibility index (Phi) is 1.59. The van der Waals surface area contributed by atoms with E-state index >= 15 is 0 Å². The number of allylic oxidation sites excluding steroid dienone is 1. The van der Waals surface area contributed by atoms with Crippen molar-refractivity contribution in [2.75, 3.05) is 39.3 Å². The summed E-state index contributed by atoms with van der Waals surface area (Å²) in [5.41, 5.74) is 1.94. The summed E-state index contributed by atoms with van der Waals surface area (Å²) in [5.74, 6) is 1.14. The van der Waals surface area contributed by atoms with E-state index in [1.165, 1.54) is 31.9 Å². The highest BCUT2D eigenvalue weighted by atomic mass is 15.3. The van der Waals surface area contributed by atoms with Crippen LogP contribution in [0.1, 0.15) is 0 Å². The zero-order chi connectivity index (χ0) is 10.6. The van der Waals surface area contributed by atoms with Gasteiger partial charge in [0.05, 0.1) is 6.54 Å². The van der Waals surface area contributed by atoms with Crippen LogP contribution in [0.25, 0.3) is 0 Å². The van der Waals surface area contributed by atoms with Gasteiger partial charge in [-0.2, -0.15) is 0 Å². The van der Waals surface area contributed by atoms with Gasteiger partial charge in [-0.3, -0.25) is 4.99 Å². The molecule has 4 heteroatoms. The Morgan fingerprint density at radius 2 is 2.19 bits per heavy atom. The van der Waals surface area contributed by atoms with Crippen molar-refractivity contribution in [3.05, 3.63) is 24.0 Å². The molecule has 4 nitrogen and oxygen atoms in total. The first kappa shape index (κ1) is 8.82. The first-order chi connectivity index (χ1) is 7.85. The third-order valence-corrected chi connectivity index (χ3v) is 4.03. The van der Waals surface area contributed by atoms with Gasteiger partial charge in [-0.05, 0) is 6.08 Å². The van der Waals surface area contributed by atoms with Gasteiger partial charge < -0.3 is 15.1 Å². The Labute approximate surface area is 95.3 Å². The molecule has 0 amide bonds. The van der Waals surface area contributed by atoms with Gasteiger partial charge in [0.25, 0.3) is 0 Å². The monoisotopic (exact) mass is 216 g/mol. The minimum atomic E-state index is 0.600. The van der Waals surface area contributed by atoms with Crippen molar-refractivity contribution in [1.29, 1.82) is 0 Å². The lowest BCUT2D eigenvalue weighted by molar-refractivity contribution is -0.0138. The lowest BCUT2D eigenvalue weighted by Gasteiger charge is -2.57. The molecule has 2 fully saturated rings. The predicted octanol–water partition coefficient (Wildman–Crippen LogP) is 0.0169. The highest BCUT2D eigenvalue weighted by Gasteiger charge is 2.48. The number of rotatable bonds is 1. The van der Waals surface area contributed by atoms with E-state index in [1.807, 2.05) is 0 Å². The predicted molar refractivity (Wildman–Crippen MR) is 63.1 cm³/mol. The number of fused-ring (bicyclic) bond motifs is 1. The van der Waals surface area contributed by atoms with Crippen LogP contribution >= 0.6 is 0 Å². The maximum atomic E-state index is 4.50. The van der Waals surface area contributed by atoms with E-state index in [-0.39, 0.29) is 0 Å². The fourth-order valence-corrected chi connectivity index (χ4v) is 2.95. The van der Waals surface area contributed by atoms with Crippen LogP contribution in [0.2, 0.25) is 0 Å². The van der Waals surface area contributed by atoms with Crippen LogP contribution in [-0.4, -0.2) is 54.9 Å². The molecule has 16 heavy (non-hydrogen) atoms. The van der Waals surface area contributed by atoms with Crippen molar-refractivity contribution in [2.45, 2.75) is 0 Å². The molecule has 0 unspecified atom stereocenters. The molecule has 1 N–H and O–H groups in total. The molecule has 0 radical (unpaired) electrons. The first-order valence-electron chi connectivity index (χ1n) is 6.01. The molecule has 0 bridgehead atoms. The lowest BCUT2D eigenvalue weighted by Crippen LogP contribution is -2.70. The lowest BCUT2D eigenvalue weighted by atomic mass is 9.74. The number of nitrogens with one attached hydrogen (secondary N) is 1. The fraction of sp³-hybridized carbons (Fsp3) is 0.583. The summed E-state index contributed by atoms with van der Waals surface area (Å²) < 4.78 is 0. The summed E-state index contributed by atoms with van der Waals surface area (Å²) in [4.78, 5) is 9.19. The van der Waals surface area contributed by atoms with Crippen LogP contribution in [0.5, 0.6) is 0 Å². The molecular formula is C12H16N4. The van der Waals surface area contributed by atoms with Crippen LogP contribution in [0.15, 0.2) is 29.0 Å². The van der Waals surface area contributed by atoms with Gasteiger partial charge in [0.15, 0.2) is 0 Å². The number of likely N-dealkylation sites (tertiary alicyclic amines) is 1. The van der Waals surface area contributed by atoms with E-state index in [4.69, 9.17) is 0 Å². The molecule has 4 aliphatic heterocycles. The van der Waals surface area contributed by atoms with E-state index < -0.39 is 0 Å². The Balaban J connectivity index is 1.51. The van der Waals surface area contributed by atoms with Gasteiger partial charge in [0.2, 0.25) is 0 Å². The fourth-order valence-electron chi connectivity index (χ4n) is 2.95. The van der Waals surface area contributed by atoms with E-state index in [9.17, 15) is 0 Å². The molecule has 0 aromatic heterocycles. The minimum absolute atomic E-state index is 0.600. The third kappa shape index (κ3) is 1.11. The Hall–Kier alpha value is -1.29. The average Bonchev–Trinajstić information content (AvgIpc) is 2.60. The van der Waals surface area contributed by atoms with Gasteiger partial charge in [-0.25, -0.2) is 0 Å². The Morgan fingerprint density at radius 1 is 1.31 bits per heavy atom. The molecule has 0 saturated carbocycles. The summed E-state index contributed by atoms with van der Waals surface area (Å²) >= 11 is 0. The van der Waals surface area contributed by atoms with Crippen LogP contribution in [-0.2, 0) is 0 Å². The zero-order valence-electron chi connectivity index (χ0n) is 9.32. The third-order valence-electron chi connectivity index (χ3n) is 4.03. The van der Waals surface area contributed by atoms with Gasteiger partial charge in [-0.1, -0.05) is 0 Å². The minimum Gasteiger partial charge on any atom is -0.370 e. The molecular weight excluding hydrogens is 200 g/mol. The maximum Gasteiger partial charge on any atom is 0.129 e. The maximum absolute atomic E-state index is 4.50. The number of nitrogens with zero attached hydrogens (tertiary/aromatic N) is 3. The van der Waals surface area contributed by atoms with Crippen LogP contribution in [0.3, 0.4) is 0 Å². The van der Waals surface area contributed by atoms with E-state index in [0.29, 0.717) is 5.41 Å². The summed E-state index contributed by atoms with van der Waals surface area (Å²) in [6.45, 7) is 6.81. The number of hydrogen-bond acceptors (Lipinski definition) is 4. The van der Waals surface area contributed by atoms with Gasteiger partial charge in [0, 0.05) is 56.1 Å². The molecule has 0 aromatic rings. The van der Waals surface area contributed by atoms with Crippen LogP contribution in [0.4, 0.5) is 0 Å². The molecule has 4 aliphatic rings. The zero-order valence-corrected chi connectivity index (χ0v) is 9.32.